The molecule has 0 aromatic heterocycles. The second kappa shape index (κ2) is 10.1. The van der Waals surface area contributed by atoms with Gasteiger partial charge >= 0.3 is 10.2 Å². The van der Waals surface area contributed by atoms with E-state index < -0.39 is 44.9 Å². The lowest BCUT2D eigenvalue weighted by Gasteiger charge is -2.33. The van der Waals surface area contributed by atoms with Crippen molar-refractivity contribution in [3.8, 4) is 0 Å². The first-order valence-corrected chi connectivity index (χ1v) is 12.4. The summed E-state index contributed by atoms with van der Waals surface area (Å²) in [6, 6.07) is 4.88. The molecule has 2 aromatic rings. The number of nitrogens with one attached hydrogen (secondary N) is 3. The minimum atomic E-state index is -4.20. The van der Waals surface area contributed by atoms with E-state index in [1.807, 2.05) is 36.4 Å². The summed E-state index contributed by atoms with van der Waals surface area (Å²) in [5, 5.41) is 5.68. The molecule has 1 saturated heterocycles. The van der Waals surface area contributed by atoms with Crippen molar-refractivity contribution in [2.75, 3.05) is 23.1 Å². The maximum Gasteiger partial charge on any atom is 0.301 e. The summed E-state index contributed by atoms with van der Waals surface area (Å²) < 4.78 is 86.1. The van der Waals surface area contributed by atoms with Gasteiger partial charge in [-0.2, -0.15) is 12.7 Å². The number of hydrogen-bond acceptors (Lipinski definition) is 4. The van der Waals surface area contributed by atoms with Gasteiger partial charge in [0.2, 0.25) is 0 Å². The van der Waals surface area contributed by atoms with Crippen molar-refractivity contribution in [3.05, 3.63) is 51.1 Å². The van der Waals surface area contributed by atoms with E-state index in [9.17, 15) is 26.0 Å². The summed E-state index contributed by atoms with van der Waals surface area (Å²) in [5.41, 5.74) is -1.51. The van der Waals surface area contributed by atoms with Gasteiger partial charge in [-0.25, -0.2) is 17.6 Å². The molecule has 3 rings (SSSR count). The van der Waals surface area contributed by atoms with E-state index in [2.05, 4.69) is 15.4 Å². The van der Waals surface area contributed by atoms with Gasteiger partial charge in [0.1, 0.15) is 11.5 Å². The highest BCUT2D eigenvalue weighted by molar-refractivity contribution is 14.1. The highest BCUT2D eigenvalue weighted by Crippen LogP contribution is 2.34. The van der Waals surface area contributed by atoms with E-state index in [4.69, 9.17) is 0 Å². The van der Waals surface area contributed by atoms with Crippen LogP contribution in [0.15, 0.2) is 24.3 Å². The molecule has 3 N–H and O–H groups in total. The molecule has 1 aliphatic heterocycles. The predicted octanol–water partition coefficient (Wildman–Crippen LogP) is 4.71. The SMILES string of the molecule is CC(C)NC1CCN(S(=O)(=O)Nc2cc(F)c(F)c(F)c2Nc2ccc(I)cc2F)CC1. The highest BCUT2D eigenvalue weighted by atomic mass is 127. The average molecular weight is 586 g/mol. The third-order valence-electron chi connectivity index (χ3n) is 4.95. The van der Waals surface area contributed by atoms with Gasteiger partial charge in [0, 0.05) is 34.8 Å². The molecule has 0 bridgehead atoms. The molecule has 0 atom stereocenters. The van der Waals surface area contributed by atoms with E-state index in [0.717, 1.165) is 10.4 Å². The normalized spacial score (nSPS) is 15.9. The van der Waals surface area contributed by atoms with Crippen molar-refractivity contribution >= 4 is 49.9 Å². The number of halogens is 5. The Morgan fingerprint density at radius 1 is 1.00 bits per heavy atom. The van der Waals surface area contributed by atoms with Crippen LogP contribution in [0.4, 0.5) is 34.6 Å². The molecule has 176 valence electrons. The zero-order valence-electron chi connectivity index (χ0n) is 17.4. The molecule has 0 radical (unpaired) electrons. The topological polar surface area (TPSA) is 73.5 Å². The Kier molecular flexibility index (Phi) is 7.89. The minimum absolute atomic E-state index is 0.156. The molecule has 6 nitrogen and oxygen atoms in total. The second-order valence-corrected chi connectivity index (χ2v) is 10.7. The average Bonchev–Trinajstić information content (AvgIpc) is 2.70. The molecule has 0 saturated carbocycles. The first kappa shape index (κ1) is 25.0. The lowest BCUT2D eigenvalue weighted by Crippen LogP contribution is -2.48. The second-order valence-electron chi connectivity index (χ2n) is 7.76. The van der Waals surface area contributed by atoms with Gasteiger partial charge < -0.3 is 10.6 Å². The smallest absolute Gasteiger partial charge is 0.301 e. The Bertz CT molecular complexity index is 1090. The number of benzene rings is 2. The molecule has 0 aliphatic carbocycles. The molecular formula is C20H23F4IN4O2S. The maximum absolute atomic E-state index is 14.6. The number of nitrogens with zero attached hydrogens (tertiary/aromatic N) is 1. The zero-order valence-corrected chi connectivity index (χ0v) is 20.3. The number of hydrogen-bond donors (Lipinski definition) is 3. The number of piperidine rings is 1. The van der Waals surface area contributed by atoms with Crippen molar-refractivity contribution in [1.29, 1.82) is 0 Å². The van der Waals surface area contributed by atoms with Gasteiger partial charge in [-0.05, 0) is 53.6 Å². The molecular weight excluding hydrogens is 563 g/mol. The van der Waals surface area contributed by atoms with Crippen LogP contribution < -0.4 is 15.4 Å². The summed E-state index contributed by atoms with van der Waals surface area (Å²) in [7, 11) is -4.20. The summed E-state index contributed by atoms with van der Waals surface area (Å²) >= 11 is 1.87. The lowest BCUT2D eigenvalue weighted by molar-refractivity contribution is 0.281. The molecule has 1 aliphatic rings. The van der Waals surface area contributed by atoms with Gasteiger partial charge in [0.15, 0.2) is 17.5 Å². The van der Waals surface area contributed by atoms with E-state index in [1.54, 1.807) is 0 Å². The van der Waals surface area contributed by atoms with Crippen molar-refractivity contribution < 1.29 is 26.0 Å². The summed E-state index contributed by atoms with van der Waals surface area (Å²) in [6.45, 7) is 4.38. The Balaban J connectivity index is 1.87. The van der Waals surface area contributed by atoms with Crippen molar-refractivity contribution in [1.82, 2.24) is 9.62 Å². The van der Waals surface area contributed by atoms with E-state index >= 15 is 0 Å². The summed E-state index contributed by atoms with van der Waals surface area (Å²) in [4.78, 5) is 0. The van der Waals surface area contributed by atoms with Crippen LogP contribution >= 0.6 is 22.6 Å². The van der Waals surface area contributed by atoms with E-state index in [1.165, 1.54) is 12.1 Å². The standard InChI is InChI=1S/C20H23F4IN4O2S/c1-11(2)26-13-5-7-29(8-6-13)32(30,31)28-17-10-15(22)18(23)19(24)20(17)27-16-4-3-12(25)9-14(16)21/h3-4,9-11,13,26-28H,5-8H2,1-2H3. The Hall–Kier alpha value is -1.64. The first-order valence-electron chi connectivity index (χ1n) is 9.91. The van der Waals surface area contributed by atoms with Gasteiger partial charge in [-0.3, -0.25) is 4.72 Å². The quantitative estimate of drug-likeness (QED) is 0.250. The van der Waals surface area contributed by atoms with Crippen LogP contribution in [0.3, 0.4) is 0 Å². The molecule has 1 heterocycles. The Labute approximate surface area is 198 Å². The first-order chi connectivity index (χ1) is 15.0. The van der Waals surface area contributed by atoms with Crippen LogP contribution in [-0.4, -0.2) is 37.9 Å². The van der Waals surface area contributed by atoms with Gasteiger partial charge in [-0.1, -0.05) is 13.8 Å². The molecule has 0 spiro atoms. The monoisotopic (exact) mass is 586 g/mol. The van der Waals surface area contributed by atoms with Crippen molar-refractivity contribution in [2.24, 2.45) is 0 Å². The minimum Gasteiger partial charge on any atom is -0.349 e. The van der Waals surface area contributed by atoms with E-state index in [-0.39, 0.29) is 30.9 Å². The highest BCUT2D eigenvalue weighted by Gasteiger charge is 2.30. The Morgan fingerprint density at radius 2 is 1.66 bits per heavy atom. The van der Waals surface area contributed by atoms with Crippen LogP contribution in [-0.2, 0) is 10.2 Å². The van der Waals surface area contributed by atoms with Gasteiger partial charge in [0.25, 0.3) is 0 Å². The van der Waals surface area contributed by atoms with Crippen LogP contribution in [0.5, 0.6) is 0 Å². The Morgan fingerprint density at radius 3 is 2.25 bits per heavy atom. The molecule has 0 unspecified atom stereocenters. The molecule has 2 aromatic carbocycles. The fourth-order valence-corrected chi connectivity index (χ4v) is 5.17. The molecule has 1 fully saturated rings. The maximum atomic E-state index is 14.6. The molecule has 32 heavy (non-hydrogen) atoms. The van der Waals surface area contributed by atoms with Gasteiger partial charge in [0.05, 0.1) is 11.4 Å². The van der Waals surface area contributed by atoms with Crippen LogP contribution in [0.1, 0.15) is 26.7 Å². The zero-order chi connectivity index (χ0) is 23.6. The summed E-state index contributed by atoms with van der Waals surface area (Å²) in [6.07, 6.45) is 1.12. The predicted molar refractivity (Wildman–Crippen MR) is 124 cm³/mol. The number of anilines is 3. The van der Waals surface area contributed by atoms with Crippen LogP contribution in [0.25, 0.3) is 0 Å². The lowest BCUT2D eigenvalue weighted by atomic mass is 10.1. The number of rotatable bonds is 7. The van der Waals surface area contributed by atoms with Crippen molar-refractivity contribution in [2.45, 2.75) is 38.8 Å². The summed E-state index contributed by atoms with van der Waals surface area (Å²) in [5.74, 6) is -5.81. The fourth-order valence-electron chi connectivity index (χ4n) is 3.46. The van der Waals surface area contributed by atoms with E-state index in [0.29, 0.717) is 22.5 Å². The van der Waals surface area contributed by atoms with Crippen LogP contribution in [0, 0.1) is 26.8 Å². The largest absolute Gasteiger partial charge is 0.349 e. The third-order valence-corrected chi connectivity index (χ3v) is 7.15. The van der Waals surface area contributed by atoms with Crippen LogP contribution in [0.2, 0.25) is 0 Å². The van der Waals surface area contributed by atoms with Gasteiger partial charge in [-0.15, -0.1) is 0 Å². The third kappa shape index (κ3) is 5.83. The fraction of sp³-hybridized carbons (Fsp3) is 0.400. The molecule has 12 heteroatoms. The van der Waals surface area contributed by atoms with Crippen molar-refractivity contribution in [3.63, 3.8) is 0 Å². The molecule has 0 amide bonds.